The second kappa shape index (κ2) is 6.98. The number of nitrogens with zero attached hydrogens (tertiary/aromatic N) is 3. The monoisotopic (exact) mass is 453 g/mol. The van der Waals surface area contributed by atoms with Gasteiger partial charge in [0, 0.05) is 44.0 Å². The van der Waals surface area contributed by atoms with E-state index in [0.29, 0.717) is 31.7 Å². The number of anilines is 1. The highest BCUT2D eigenvalue weighted by molar-refractivity contribution is 7.89. The maximum absolute atomic E-state index is 13.1. The molecule has 1 saturated carbocycles. The summed E-state index contributed by atoms with van der Waals surface area (Å²) >= 11 is 6.35. The van der Waals surface area contributed by atoms with E-state index in [1.54, 1.807) is 0 Å². The van der Waals surface area contributed by atoms with Gasteiger partial charge in [-0.3, -0.25) is 4.90 Å². The quantitative estimate of drug-likeness (QED) is 0.758. The fourth-order valence-electron chi connectivity index (χ4n) is 4.18. The van der Waals surface area contributed by atoms with Crippen molar-refractivity contribution in [1.82, 2.24) is 9.21 Å². The van der Waals surface area contributed by atoms with E-state index in [0.717, 1.165) is 17.7 Å². The molecule has 3 aliphatic rings. The minimum atomic E-state index is -4.81. The first-order chi connectivity index (χ1) is 13.4. The van der Waals surface area contributed by atoms with Gasteiger partial charge in [-0.25, -0.2) is 8.42 Å². The van der Waals surface area contributed by atoms with Crippen molar-refractivity contribution in [3.63, 3.8) is 0 Å². The summed E-state index contributed by atoms with van der Waals surface area (Å²) in [5, 5.41) is 9.52. The first-order valence-electron chi connectivity index (χ1n) is 9.53. The molecule has 162 valence electrons. The Hall–Kier alpha value is -1.07. The number of benzene rings is 1. The summed E-state index contributed by atoms with van der Waals surface area (Å²) in [4.78, 5) is 3.01. The Balaban J connectivity index is 1.57. The van der Waals surface area contributed by atoms with E-state index in [9.17, 15) is 26.7 Å². The Morgan fingerprint density at radius 2 is 1.76 bits per heavy atom. The third-order valence-corrected chi connectivity index (χ3v) is 8.76. The van der Waals surface area contributed by atoms with E-state index < -0.39 is 22.4 Å². The number of halogens is 4. The van der Waals surface area contributed by atoms with Crippen molar-refractivity contribution in [2.75, 3.05) is 37.6 Å². The summed E-state index contributed by atoms with van der Waals surface area (Å²) in [6.45, 7) is 4.08. The number of hydrogen-bond acceptors (Lipinski definition) is 5. The molecule has 1 saturated heterocycles. The molecular formula is C18H23ClF3N3O3S. The molecule has 29 heavy (non-hydrogen) atoms. The van der Waals surface area contributed by atoms with Crippen LogP contribution in [-0.4, -0.2) is 73.4 Å². The predicted octanol–water partition coefficient (Wildman–Crippen LogP) is 2.44. The molecule has 2 heterocycles. The minimum absolute atomic E-state index is 0.0593. The largest absolute Gasteiger partial charge is 0.433 e. The van der Waals surface area contributed by atoms with E-state index in [1.165, 1.54) is 16.4 Å². The number of sulfonamides is 1. The molecule has 0 amide bonds. The molecule has 0 spiro atoms. The zero-order valence-corrected chi connectivity index (χ0v) is 17.5. The van der Waals surface area contributed by atoms with Crippen molar-refractivity contribution in [3.8, 4) is 0 Å². The summed E-state index contributed by atoms with van der Waals surface area (Å²) in [5.74, 6) is 0. The Morgan fingerprint density at radius 3 is 2.31 bits per heavy atom. The van der Waals surface area contributed by atoms with Gasteiger partial charge in [0.2, 0.25) is 16.3 Å². The van der Waals surface area contributed by atoms with Crippen molar-refractivity contribution in [3.05, 3.63) is 22.7 Å². The van der Waals surface area contributed by atoms with Crippen LogP contribution in [0.3, 0.4) is 0 Å². The molecule has 1 N–H and O–H groups in total. The highest BCUT2D eigenvalue weighted by Crippen LogP contribution is 2.43. The molecule has 1 unspecified atom stereocenters. The molecule has 6 nitrogen and oxygen atoms in total. The third kappa shape index (κ3) is 3.63. The average Bonchev–Trinajstić information content (AvgIpc) is 3.26. The van der Waals surface area contributed by atoms with E-state index in [-0.39, 0.29) is 34.1 Å². The van der Waals surface area contributed by atoms with Gasteiger partial charge in [-0.2, -0.15) is 17.5 Å². The van der Waals surface area contributed by atoms with Crippen LogP contribution in [0.2, 0.25) is 5.02 Å². The third-order valence-electron chi connectivity index (χ3n) is 6.28. The number of fused-ring (bicyclic) bond motifs is 1. The summed E-state index contributed by atoms with van der Waals surface area (Å²) in [7, 11) is -3.86. The van der Waals surface area contributed by atoms with E-state index in [4.69, 9.17) is 11.6 Å². The molecule has 2 fully saturated rings. The molecule has 4 rings (SSSR count). The maximum atomic E-state index is 13.1. The lowest BCUT2D eigenvalue weighted by atomic mass is 10.1. The van der Waals surface area contributed by atoms with Gasteiger partial charge in [0.1, 0.15) is 4.90 Å². The molecule has 2 aliphatic heterocycles. The van der Waals surface area contributed by atoms with Crippen LogP contribution in [0, 0.1) is 0 Å². The SMILES string of the molecule is CC1(N2CCN(S(=O)(=O)c3ccc4c(c3Cl)CCN4C(O)C(F)(F)F)CC2)CC1. The van der Waals surface area contributed by atoms with Gasteiger partial charge in [0.05, 0.1) is 5.02 Å². The second-order valence-electron chi connectivity index (χ2n) is 8.12. The van der Waals surface area contributed by atoms with Crippen molar-refractivity contribution in [2.24, 2.45) is 0 Å². The minimum Gasteiger partial charge on any atom is -0.366 e. The molecule has 1 aliphatic carbocycles. The smallest absolute Gasteiger partial charge is 0.366 e. The van der Waals surface area contributed by atoms with Crippen LogP contribution >= 0.6 is 11.6 Å². The van der Waals surface area contributed by atoms with Gasteiger partial charge in [0.15, 0.2) is 0 Å². The summed E-state index contributed by atoms with van der Waals surface area (Å²) in [6, 6.07) is 2.55. The number of piperazine rings is 1. The van der Waals surface area contributed by atoms with Crippen LogP contribution in [0.25, 0.3) is 0 Å². The Morgan fingerprint density at radius 1 is 1.14 bits per heavy atom. The van der Waals surface area contributed by atoms with Gasteiger partial charge in [-0.1, -0.05) is 11.6 Å². The van der Waals surface area contributed by atoms with Crippen LogP contribution in [0.15, 0.2) is 17.0 Å². The number of aliphatic hydroxyl groups is 1. The molecule has 1 aromatic rings. The number of rotatable bonds is 4. The van der Waals surface area contributed by atoms with E-state index in [2.05, 4.69) is 11.8 Å². The van der Waals surface area contributed by atoms with Crippen molar-refractivity contribution in [2.45, 2.75) is 49.0 Å². The number of hydrogen-bond donors (Lipinski definition) is 1. The second-order valence-corrected chi connectivity index (χ2v) is 10.4. The average molecular weight is 454 g/mol. The standard InChI is InChI=1S/C18H23ClF3N3O3S/c1-17(5-6-17)23-8-10-24(11-9-23)29(27,28)14-3-2-13-12(15(14)19)4-7-25(13)16(26)18(20,21)22/h2-3,16,26H,4-11H2,1H3. The number of aliphatic hydroxyl groups excluding tert-OH is 1. The highest BCUT2D eigenvalue weighted by atomic mass is 35.5. The summed E-state index contributed by atoms with van der Waals surface area (Å²) in [5.41, 5.74) is 0.620. The Kier molecular flexibility index (Phi) is 5.10. The normalized spacial score (nSPS) is 23.9. The van der Waals surface area contributed by atoms with Gasteiger partial charge in [0.25, 0.3) is 0 Å². The molecule has 0 radical (unpaired) electrons. The van der Waals surface area contributed by atoms with Gasteiger partial charge in [-0.15, -0.1) is 0 Å². The topological polar surface area (TPSA) is 64.1 Å². The van der Waals surface area contributed by atoms with Crippen LogP contribution in [-0.2, 0) is 16.4 Å². The van der Waals surface area contributed by atoms with Crippen LogP contribution in [0.5, 0.6) is 0 Å². The lowest BCUT2D eigenvalue weighted by Crippen LogP contribution is -2.52. The van der Waals surface area contributed by atoms with Crippen LogP contribution in [0.4, 0.5) is 18.9 Å². The molecule has 11 heteroatoms. The Labute approximate surface area is 172 Å². The van der Waals surface area contributed by atoms with Gasteiger partial charge >= 0.3 is 6.18 Å². The summed E-state index contributed by atoms with van der Waals surface area (Å²) < 4.78 is 66.3. The van der Waals surface area contributed by atoms with Crippen molar-refractivity contribution in [1.29, 1.82) is 0 Å². The molecule has 0 bridgehead atoms. The lowest BCUT2D eigenvalue weighted by molar-refractivity contribution is -0.203. The Bertz CT molecular complexity index is 913. The molecular weight excluding hydrogens is 431 g/mol. The molecule has 0 aromatic heterocycles. The predicted molar refractivity (Wildman–Crippen MR) is 103 cm³/mol. The van der Waals surface area contributed by atoms with E-state index >= 15 is 0 Å². The van der Waals surface area contributed by atoms with E-state index in [1.807, 2.05) is 0 Å². The summed E-state index contributed by atoms with van der Waals surface area (Å²) in [6.07, 6.45) is -5.08. The van der Waals surface area contributed by atoms with Crippen molar-refractivity contribution < 1.29 is 26.7 Å². The number of alkyl halides is 3. The first kappa shape index (κ1) is 21.2. The maximum Gasteiger partial charge on any atom is 0.433 e. The van der Waals surface area contributed by atoms with Crippen LogP contribution in [0.1, 0.15) is 25.3 Å². The van der Waals surface area contributed by atoms with Crippen molar-refractivity contribution >= 4 is 27.3 Å². The fourth-order valence-corrected chi connectivity index (χ4v) is 6.24. The van der Waals surface area contributed by atoms with Crippen LogP contribution < -0.4 is 4.90 Å². The first-order valence-corrected chi connectivity index (χ1v) is 11.3. The highest BCUT2D eigenvalue weighted by Gasteiger charge is 2.46. The zero-order chi connectivity index (χ0) is 21.2. The molecule has 1 atom stereocenters. The lowest BCUT2D eigenvalue weighted by Gasteiger charge is -2.37. The van der Waals surface area contributed by atoms with Gasteiger partial charge in [-0.05, 0) is 43.9 Å². The molecule has 1 aromatic carbocycles. The zero-order valence-electron chi connectivity index (χ0n) is 15.9. The van der Waals surface area contributed by atoms with Gasteiger partial charge < -0.3 is 10.0 Å². The fraction of sp³-hybridized carbons (Fsp3) is 0.667.